The molecule has 248 valence electrons. The third kappa shape index (κ3) is 4.85. The SMILES string of the molecule is CC1(C)c2sccc2-n2c3ccc(-c4ccc(N(c5ccc(-c6ccccc6)cc5)c5ccc(-c6ccccc6)cc5)cc4)cc3c3cccc1c32. The van der Waals surface area contributed by atoms with E-state index in [0.29, 0.717) is 0 Å². The molecule has 0 atom stereocenters. The summed E-state index contributed by atoms with van der Waals surface area (Å²) in [7, 11) is 0. The number of hydrogen-bond donors (Lipinski definition) is 0. The smallest absolute Gasteiger partial charge is 0.0610 e. The number of thiophene rings is 1. The molecule has 1 aliphatic rings. The van der Waals surface area contributed by atoms with Gasteiger partial charge in [0, 0.05) is 38.1 Å². The van der Waals surface area contributed by atoms with Crippen molar-refractivity contribution in [3.63, 3.8) is 0 Å². The summed E-state index contributed by atoms with van der Waals surface area (Å²) in [5, 5.41) is 4.86. The lowest BCUT2D eigenvalue weighted by Gasteiger charge is -2.32. The van der Waals surface area contributed by atoms with E-state index in [2.05, 4.69) is 205 Å². The van der Waals surface area contributed by atoms with Crippen LogP contribution in [0.4, 0.5) is 17.1 Å². The lowest BCUT2D eigenvalue weighted by Crippen LogP contribution is -2.24. The highest BCUT2D eigenvalue weighted by Gasteiger charge is 2.36. The third-order valence-electron chi connectivity index (χ3n) is 10.8. The first-order valence-electron chi connectivity index (χ1n) is 17.9. The molecule has 3 heterocycles. The van der Waals surface area contributed by atoms with Crippen molar-refractivity contribution in [1.29, 1.82) is 0 Å². The van der Waals surface area contributed by atoms with Gasteiger partial charge in [0.05, 0.1) is 16.7 Å². The first-order chi connectivity index (χ1) is 25.5. The monoisotopic (exact) mass is 684 g/mol. The number of fused-ring (bicyclic) bond motifs is 5. The van der Waals surface area contributed by atoms with E-state index in [-0.39, 0.29) is 5.41 Å². The van der Waals surface area contributed by atoms with Crippen LogP contribution in [-0.4, -0.2) is 4.57 Å². The Morgan fingerprint density at radius 1 is 0.462 bits per heavy atom. The van der Waals surface area contributed by atoms with Crippen LogP contribution in [-0.2, 0) is 5.41 Å². The largest absolute Gasteiger partial charge is 0.311 e. The molecule has 1 aliphatic heterocycles. The summed E-state index contributed by atoms with van der Waals surface area (Å²) < 4.78 is 2.49. The summed E-state index contributed by atoms with van der Waals surface area (Å²) >= 11 is 1.87. The molecule has 0 aliphatic carbocycles. The zero-order chi connectivity index (χ0) is 34.8. The van der Waals surface area contributed by atoms with Gasteiger partial charge in [-0.3, -0.25) is 0 Å². The molecule has 10 rings (SSSR count). The van der Waals surface area contributed by atoms with Gasteiger partial charge in [-0.2, -0.15) is 0 Å². The average molecular weight is 685 g/mol. The molecule has 3 heteroatoms. The Bertz CT molecular complexity index is 2630. The summed E-state index contributed by atoms with van der Waals surface area (Å²) in [6.07, 6.45) is 0. The molecule has 0 spiro atoms. The Kier molecular flexibility index (Phi) is 7.06. The molecule has 0 fully saturated rings. The van der Waals surface area contributed by atoms with E-state index in [4.69, 9.17) is 0 Å². The number of anilines is 3. The van der Waals surface area contributed by atoms with Crippen molar-refractivity contribution >= 4 is 50.2 Å². The minimum absolute atomic E-state index is 0.0261. The topological polar surface area (TPSA) is 8.17 Å². The highest BCUT2D eigenvalue weighted by atomic mass is 32.1. The van der Waals surface area contributed by atoms with Crippen molar-refractivity contribution in [3.05, 3.63) is 192 Å². The second-order valence-corrected chi connectivity index (χ2v) is 15.2. The van der Waals surface area contributed by atoms with Gasteiger partial charge < -0.3 is 9.47 Å². The van der Waals surface area contributed by atoms with Crippen LogP contribution in [0.1, 0.15) is 24.3 Å². The van der Waals surface area contributed by atoms with Crippen LogP contribution in [0.5, 0.6) is 0 Å². The van der Waals surface area contributed by atoms with Gasteiger partial charge in [0.25, 0.3) is 0 Å². The fourth-order valence-electron chi connectivity index (χ4n) is 8.19. The Morgan fingerprint density at radius 3 is 1.52 bits per heavy atom. The lowest BCUT2D eigenvalue weighted by atomic mass is 9.79. The quantitative estimate of drug-likeness (QED) is 0.169. The second kappa shape index (κ2) is 12.0. The fourth-order valence-corrected chi connectivity index (χ4v) is 9.21. The maximum Gasteiger partial charge on any atom is 0.0610 e. The van der Waals surface area contributed by atoms with E-state index in [9.17, 15) is 0 Å². The minimum Gasteiger partial charge on any atom is -0.311 e. The van der Waals surface area contributed by atoms with E-state index in [1.807, 2.05) is 11.3 Å². The van der Waals surface area contributed by atoms with E-state index in [1.54, 1.807) is 0 Å². The molecule has 0 saturated heterocycles. The molecule has 2 aromatic heterocycles. The zero-order valence-corrected chi connectivity index (χ0v) is 29.9. The molecule has 2 nitrogen and oxygen atoms in total. The first kappa shape index (κ1) is 30.6. The van der Waals surface area contributed by atoms with Gasteiger partial charge in [0.2, 0.25) is 0 Å². The summed E-state index contributed by atoms with van der Waals surface area (Å²) in [5.41, 5.74) is 15.9. The summed E-state index contributed by atoms with van der Waals surface area (Å²) in [4.78, 5) is 3.78. The minimum atomic E-state index is -0.0261. The number of benzene rings is 7. The second-order valence-electron chi connectivity index (χ2n) is 14.2. The average Bonchev–Trinajstić information content (AvgIpc) is 3.83. The van der Waals surface area contributed by atoms with Gasteiger partial charge in [0.15, 0.2) is 0 Å². The molecule has 0 bridgehead atoms. The molecule has 0 radical (unpaired) electrons. The van der Waals surface area contributed by atoms with Gasteiger partial charge in [-0.15, -0.1) is 11.3 Å². The summed E-state index contributed by atoms with van der Waals surface area (Å²) in [5.74, 6) is 0. The highest BCUT2D eigenvalue weighted by molar-refractivity contribution is 7.10. The summed E-state index contributed by atoms with van der Waals surface area (Å²) in [6.45, 7) is 4.73. The molecule has 52 heavy (non-hydrogen) atoms. The maximum absolute atomic E-state index is 2.49. The van der Waals surface area contributed by atoms with Crippen molar-refractivity contribution in [2.24, 2.45) is 0 Å². The van der Waals surface area contributed by atoms with Crippen LogP contribution in [0.2, 0.25) is 0 Å². The van der Waals surface area contributed by atoms with Crippen molar-refractivity contribution in [1.82, 2.24) is 4.57 Å². The number of aromatic nitrogens is 1. The first-order valence-corrected chi connectivity index (χ1v) is 18.8. The molecule has 0 saturated carbocycles. The zero-order valence-electron chi connectivity index (χ0n) is 29.1. The van der Waals surface area contributed by atoms with Gasteiger partial charge in [-0.1, -0.05) is 135 Å². The predicted molar refractivity (Wildman–Crippen MR) is 222 cm³/mol. The van der Waals surface area contributed by atoms with Crippen LogP contribution in [0.15, 0.2) is 181 Å². The van der Waals surface area contributed by atoms with Crippen LogP contribution in [0.25, 0.3) is 60.9 Å². The lowest BCUT2D eigenvalue weighted by molar-refractivity contribution is 0.646. The van der Waals surface area contributed by atoms with Crippen molar-refractivity contribution < 1.29 is 0 Å². The van der Waals surface area contributed by atoms with Crippen LogP contribution >= 0.6 is 11.3 Å². The van der Waals surface area contributed by atoms with Gasteiger partial charge in [-0.25, -0.2) is 0 Å². The van der Waals surface area contributed by atoms with Crippen LogP contribution in [0, 0.1) is 0 Å². The van der Waals surface area contributed by atoms with E-state index in [1.165, 1.54) is 71.3 Å². The maximum atomic E-state index is 2.49. The van der Waals surface area contributed by atoms with E-state index < -0.39 is 0 Å². The molecule has 0 unspecified atom stereocenters. The Hall–Kier alpha value is -6.16. The number of hydrogen-bond acceptors (Lipinski definition) is 2. The van der Waals surface area contributed by atoms with Gasteiger partial charge in [0.1, 0.15) is 0 Å². The van der Waals surface area contributed by atoms with E-state index >= 15 is 0 Å². The third-order valence-corrected chi connectivity index (χ3v) is 12.1. The number of rotatable bonds is 6. The molecule has 0 amide bonds. The summed E-state index contributed by atoms with van der Waals surface area (Å²) in [6, 6.07) is 64.1. The van der Waals surface area contributed by atoms with Gasteiger partial charge >= 0.3 is 0 Å². The molecule has 0 N–H and O–H groups in total. The number of nitrogens with zero attached hydrogens (tertiary/aromatic N) is 2. The van der Waals surface area contributed by atoms with E-state index in [0.717, 1.165) is 17.1 Å². The molecular formula is C49H36N2S. The molecule has 9 aromatic rings. The fraction of sp³-hybridized carbons (Fsp3) is 0.0612. The molecule has 7 aromatic carbocycles. The van der Waals surface area contributed by atoms with Crippen molar-refractivity contribution in [2.75, 3.05) is 4.90 Å². The van der Waals surface area contributed by atoms with Crippen molar-refractivity contribution in [3.8, 4) is 39.1 Å². The van der Waals surface area contributed by atoms with Gasteiger partial charge in [-0.05, 0) is 98.9 Å². The Balaban J connectivity index is 1.05. The Morgan fingerprint density at radius 2 is 0.962 bits per heavy atom. The standard InChI is InChI=1S/C49H36N2S/c1-49(2)44-15-9-14-42-43-32-38(22-29-45(43)51(47(42)44)46-30-31-52-48(46)49)37-20-27-41(28-21-37)50(39-23-16-35(17-24-39)33-10-5-3-6-11-33)40-25-18-36(19-26-40)34-12-7-4-8-13-34/h3-32H,1-2H3. The van der Waals surface area contributed by atoms with Crippen molar-refractivity contribution in [2.45, 2.75) is 19.3 Å². The number of para-hydroxylation sites is 1. The Labute approximate surface area is 308 Å². The molecular weight excluding hydrogens is 649 g/mol. The predicted octanol–water partition coefficient (Wildman–Crippen LogP) is 14.0. The van der Waals surface area contributed by atoms with Crippen LogP contribution in [0.3, 0.4) is 0 Å². The normalized spacial score (nSPS) is 13.0. The highest BCUT2D eigenvalue weighted by Crippen LogP contribution is 2.49. The van der Waals surface area contributed by atoms with Crippen LogP contribution < -0.4 is 4.90 Å².